The molecule has 1 aromatic carbocycles. The first-order valence-corrected chi connectivity index (χ1v) is 7.92. The minimum Gasteiger partial charge on any atom is -0.381 e. The first-order chi connectivity index (χ1) is 9.81. The molecule has 2 fully saturated rings. The zero-order chi connectivity index (χ0) is 13.8. The normalized spacial score (nSPS) is 20.1. The second-order valence-corrected chi connectivity index (χ2v) is 6.26. The van der Waals surface area contributed by atoms with E-state index in [4.69, 9.17) is 4.74 Å². The fourth-order valence-corrected chi connectivity index (χ4v) is 2.84. The van der Waals surface area contributed by atoms with Gasteiger partial charge in [-0.1, -0.05) is 12.1 Å². The molecule has 1 aliphatic heterocycles. The topological polar surface area (TPSA) is 24.5 Å². The van der Waals surface area contributed by atoms with Crippen LogP contribution in [0.25, 0.3) is 0 Å². The summed E-state index contributed by atoms with van der Waals surface area (Å²) < 4.78 is 5.43. The fourth-order valence-electron chi connectivity index (χ4n) is 2.84. The minimum absolute atomic E-state index is 0.782. The molecule has 0 aromatic heterocycles. The standard InChI is InChI=1S/C17H26N2O/c1-19(13-15-8-10-20-11-9-15)17-6-2-14(3-7-17)12-18-16-4-5-16/h2-3,6-7,15-16,18H,4-5,8-13H2,1H3. The number of nitrogens with zero attached hydrogens (tertiary/aromatic N) is 1. The van der Waals surface area contributed by atoms with E-state index in [9.17, 15) is 0 Å². The summed E-state index contributed by atoms with van der Waals surface area (Å²) in [5.74, 6) is 0.782. The number of benzene rings is 1. The third-order valence-electron chi connectivity index (χ3n) is 4.42. The highest BCUT2D eigenvalue weighted by atomic mass is 16.5. The lowest BCUT2D eigenvalue weighted by atomic mass is 9.99. The van der Waals surface area contributed by atoms with E-state index < -0.39 is 0 Å². The Hall–Kier alpha value is -1.06. The molecular weight excluding hydrogens is 248 g/mol. The van der Waals surface area contributed by atoms with E-state index in [2.05, 4.69) is 41.5 Å². The number of rotatable bonds is 6. The second kappa shape index (κ2) is 6.59. The average Bonchev–Trinajstić information content (AvgIpc) is 3.31. The molecule has 2 aliphatic rings. The van der Waals surface area contributed by atoms with E-state index in [0.717, 1.165) is 38.3 Å². The highest BCUT2D eigenvalue weighted by Crippen LogP contribution is 2.22. The summed E-state index contributed by atoms with van der Waals surface area (Å²) in [5, 5.41) is 3.56. The van der Waals surface area contributed by atoms with Crippen LogP contribution < -0.4 is 10.2 Å². The predicted molar refractivity (Wildman–Crippen MR) is 83.1 cm³/mol. The zero-order valence-corrected chi connectivity index (χ0v) is 12.5. The van der Waals surface area contributed by atoms with Gasteiger partial charge in [-0.3, -0.25) is 0 Å². The van der Waals surface area contributed by atoms with E-state index in [1.165, 1.54) is 36.9 Å². The summed E-state index contributed by atoms with van der Waals surface area (Å²) in [6.45, 7) is 4.02. The molecule has 3 heteroatoms. The van der Waals surface area contributed by atoms with Crippen LogP contribution in [0.1, 0.15) is 31.2 Å². The van der Waals surface area contributed by atoms with Crippen molar-refractivity contribution in [3.05, 3.63) is 29.8 Å². The lowest BCUT2D eigenvalue weighted by molar-refractivity contribution is 0.0685. The monoisotopic (exact) mass is 274 g/mol. The predicted octanol–water partition coefficient (Wildman–Crippen LogP) is 2.80. The van der Waals surface area contributed by atoms with Gasteiger partial charge in [0, 0.05) is 45.1 Å². The van der Waals surface area contributed by atoms with Crippen LogP contribution in [0.4, 0.5) is 5.69 Å². The average molecular weight is 274 g/mol. The summed E-state index contributed by atoms with van der Waals surface area (Å²) in [7, 11) is 2.20. The smallest absolute Gasteiger partial charge is 0.0469 e. The summed E-state index contributed by atoms with van der Waals surface area (Å²) in [6.07, 6.45) is 5.11. The molecule has 1 heterocycles. The van der Waals surface area contributed by atoms with Gasteiger partial charge >= 0.3 is 0 Å². The van der Waals surface area contributed by atoms with Crippen molar-refractivity contribution in [2.45, 2.75) is 38.3 Å². The van der Waals surface area contributed by atoms with Crippen molar-refractivity contribution in [2.24, 2.45) is 5.92 Å². The Labute approximate surface area is 122 Å². The number of hydrogen-bond donors (Lipinski definition) is 1. The van der Waals surface area contributed by atoms with Crippen molar-refractivity contribution in [2.75, 3.05) is 31.7 Å². The molecule has 0 radical (unpaired) electrons. The SMILES string of the molecule is CN(CC1CCOCC1)c1ccc(CNC2CC2)cc1. The van der Waals surface area contributed by atoms with E-state index in [1.54, 1.807) is 0 Å². The van der Waals surface area contributed by atoms with Gasteiger partial charge in [-0.15, -0.1) is 0 Å². The second-order valence-electron chi connectivity index (χ2n) is 6.26. The lowest BCUT2D eigenvalue weighted by Crippen LogP contribution is -2.29. The third-order valence-corrected chi connectivity index (χ3v) is 4.42. The van der Waals surface area contributed by atoms with Crippen molar-refractivity contribution in [3.8, 4) is 0 Å². The van der Waals surface area contributed by atoms with Gasteiger partial charge in [-0.2, -0.15) is 0 Å². The van der Waals surface area contributed by atoms with Crippen LogP contribution in [0.15, 0.2) is 24.3 Å². The Morgan fingerprint density at radius 2 is 1.80 bits per heavy atom. The highest BCUT2D eigenvalue weighted by Gasteiger charge is 2.20. The maximum atomic E-state index is 5.43. The largest absolute Gasteiger partial charge is 0.381 e. The summed E-state index contributed by atoms with van der Waals surface area (Å²) in [6, 6.07) is 9.80. The first kappa shape index (κ1) is 13.9. The maximum absolute atomic E-state index is 5.43. The molecule has 1 aliphatic carbocycles. The molecule has 1 aromatic rings. The van der Waals surface area contributed by atoms with E-state index >= 15 is 0 Å². The van der Waals surface area contributed by atoms with Crippen LogP contribution in [0.3, 0.4) is 0 Å². The molecule has 20 heavy (non-hydrogen) atoms. The van der Waals surface area contributed by atoms with Gasteiger partial charge in [0.1, 0.15) is 0 Å². The van der Waals surface area contributed by atoms with Crippen molar-refractivity contribution in [3.63, 3.8) is 0 Å². The van der Waals surface area contributed by atoms with Crippen molar-refractivity contribution in [1.82, 2.24) is 5.32 Å². The first-order valence-electron chi connectivity index (χ1n) is 7.92. The molecule has 1 saturated carbocycles. The Morgan fingerprint density at radius 1 is 1.10 bits per heavy atom. The maximum Gasteiger partial charge on any atom is 0.0469 e. The van der Waals surface area contributed by atoms with Crippen LogP contribution in [-0.2, 0) is 11.3 Å². The Bertz CT molecular complexity index is 408. The Kier molecular flexibility index (Phi) is 4.58. The molecule has 0 spiro atoms. The third kappa shape index (κ3) is 3.97. The molecule has 3 nitrogen and oxygen atoms in total. The fraction of sp³-hybridized carbons (Fsp3) is 0.647. The molecule has 0 bridgehead atoms. The number of anilines is 1. The van der Waals surface area contributed by atoms with Crippen LogP contribution in [0, 0.1) is 5.92 Å². The van der Waals surface area contributed by atoms with Gasteiger partial charge in [-0.05, 0) is 49.3 Å². The van der Waals surface area contributed by atoms with Gasteiger partial charge in [0.15, 0.2) is 0 Å². The summed E-state index contributed by atoms with van der Waals surface area (Å²) in [4.78, 5) is 2.38. The van der Waals surface area contributed by atoms with Gasteiger partial charge in [0.25, 0.3) is 0 Å². The minimum atomic E-state index is 0.782. The van der Waals surface area contributed by atoms with E-state index in [-0.39, 0.29) is 0 Å². The number of nitrogens with one attached hydrogen (secondary N) is 1. The van der Waals surface area contributed by atoms with Crippen molar-refractivity contribution >= 4 is 5.69 Å². The number of ether oxygens (including phenoxy) is 1. The van der Waals surface area contributed by atoms with Gasteiger partial charge in [0.05, 0.1) is 0 Å². The van der Waals surface area contributed by atoms with Gasteiger partial charge < -0.3 is 15.0 Å². The van der Waals surface area contributed by atoms with E-state index in [0.29, 0.717) is 0 Å². The van der Waals surface area contributed by atoms with Crippen molar-refractivity contribution in [1.29, 1.82) is 0 Å². The van der Waals surface area contributed by atoms with Crippen molar-refractivity contribution < 1.29 is 4.74 Å². The summed E-state index contributed by atoms with van der Waals surface area (Å²) in [5.41, 5.74) is 2.71. The van der Waals surface area contributed by atoms with Gasteiger partial charge in [0.2, 0.25) is 0 Å². The van der Waals surface area contributed by atoms with Gasteiger partial charge in [-0.25, -0.2) is 0 Å². The van der Waals surface area contributed by atoms with E-state index in [1.807, 2.05) is 0 Å². The molecule has 1 saturated heterocycles. The van der Waals surface area contributed by atoms with Crippen LogP contribution in [-0.4, -0.2) is 32.8 Å². The molecule has 1 N–H and O–H groups in total. The van der Waals surface area contributed by atoms with Crippen LogP contribution in [0.2, 0.25) is 0 Å². The number of hydrogen-bond acceptors (Lipinski definition) is 3. The summed E-state index contributed by atoms with van der Waals surface area (Å²) >= 11 is 0. The zero-order valence-electron chi connectivity index (χ0n) is 12.5. The lowest BCUT2D eigenvalue weighted by Gasteiger charge is -2.28. The molecule has 3 rings (SSSR count). The Morgan fingerprint density at radius 3 is 2.45 bits per heavy atom. The van der Waals surface area contributed by atoms with Crippen LogP contribution >= 0.6 is 0 Å². The Balaban J connectivity index is 1.49. The highest BCUT2D eigenvalue weighted by molar-refractivity contribution is 5.46. The molecule has 0 amide bonds. The van der Waals surface area contributed by atoms with Crippen LogP contribution in [0.5, 0.6) is 0 Å². The molecule has 0 atom stereocenters. The molecule has 110 valence electrons. The quantitative estimate of drug-likeness (QED) is 0.863. The molecular formula is C17H26N2O. The molecule has 0 unspecified atom stereocenters.